The summed E-state index contributed by atoms with van der Waals surface area (Å²) in [6.45, 7) is 4.96. The summed E-state index contributed by atoms with van der Waals surface area (Å²) in [6, 6.07) is 18.4. The zero-order valence-electron chi connectivity index (χ0n) is 18.2. The van der Waals surface area contributed by atoms with Crippen LogP contribution in [0.1, 0.15) is 53.6 Å². The van der Waals surface area contributed by atoms with Gasteiger partial charge in [0.2, 0.25) is 0 Å². The Bertz CT molecular complexity index is 951. The minimum absolute atomic E-state index is 0.109. The van der Waals surface area contributed by atoms with Crippen LogP contribution in [-0.4, -0.2) is 45.3 Å². The van der Waals surface area contributed by atoms with Crippen LogP contribution in [0.15, 0.2) is 59.8 Å². The first-order valence-electron chi connectivity index (χ1n) is 10.4. The third-order valence-corrected chi connectivity index (χ3v) is 6.22. The third-order valence-electron chi connectivity index (χ3n) is 5.25. The van der Waals surface area contributed by atoms with E-state index in [0.29, 0.717) is 12.3 Å². The fourth-order valence-electron chi connectivity index (χ4n) is 3.49. The van der Waals surface area contributed by atoms with E-state index in [4.69, 9.17) is 0 Å². The summed E-state index contributed by atoms with van der Waals surface area (Å²) >= 11 is 1.46. The Kier molecular flexibility index (Phi) is 7.82. The Hall–Kier alpha value is -2.44. The molecule has 0 aliphatic rings. The Morgan fingerprint density at radius 3 is 2.30 bits per heavy atom. The van der Waals surface area contributed by atoms with Gasteiger partial charge in [0.05, 0.1) is 18.3 Å². The number of aromatic nitrogens is 3. The van der Waals surface area contributed by atoms with E-state index in [2.05, 4.69) is 59.7 Å². The molecule has 0 fully saturated rings. The number of Topliss-reactive ketones (excluding diaryl/α,β-unsaturated/α-hetero) is 1. The van der Waals surface area contributed by atoms with E-state index >= 15 is 0 Å². The maximum atomic E-state index is 12.7. The number of thioether (sulfide) groups is 1. The lowest BCUT2D eigenvalue weighted by Gasteiger charge is -2.23. The fourth-order valence-corrected chi connectivity index (χ4v) is 4.33. The lowest BCUT2D eigenvalue weighted by Crippen LogP contribution is -2.23. The molecule has 0 amide bonds. The molecule has 0 bridgehead atoms. The van der Waals surface area contributed by atoms with Gasteiger partial charge in [0, 0.05) is 5.56 Å². The number of hydrogen-bond donors (Lipinski definition) is 0. The van der Waals surface area contributed by atoms with Gasteiger partial charge in [-0.15, -0.1) is 10.2 Å². The number of rotatable bonds is 10. The quantitative estimate of drug-likeness (QED) is 0.344. The Balaban J connectivity index is 1.82. The van der Waals surface area contributed by atoms with E-state index in [1.807, 2.05) is 42.5 Å². The fraction of sp³-hybridized carbons (Fsp3) is 0.375. The van der Waals surface area contributed by atoms with Crippen molar-refractivity contribution >= 4 is 17.5 Å². The van der Waals surface area contributed by atoms with Crippen molar-refractivity contribution in [1.82, 2.24) is 19.7 Å². The van der Waals surface area contributed by atoms with Crippen molar-refractivity contribution in [3.8, 4) is 0 Å². The Morgan fingerprint density at radius 2 is 1.70 bits per heavy atom. The van der Waals surface area contributed by atoms with Crippen molar-refractivity contribution in [2.45, 2.75) is 44.4 Å². The van der Waals surface area contributed by atoms with Crippen LogP contribution in [0.5, 0.6) is 0 Å². The van der Waals surface area contributed by atoms with Crippen molar-refractivity contribution in [3.63, 3.8) is 0 Å². The van der Waals surface area contributed by atoms with Crippen LogP contribution >= 0.6 is 11.8 Å². The number of carbonyl (C=O) groups is 1. The van der Waals surface area contributed by atoms with E-state index in [9.17, 15) is 4.79 Å². The highest BCUT2D eigenvalue weighted by atomic mass is 32.2. The van der Waals surface area contributed by atoms with E-state index in [0.717, 1.165) is 29.4 Å². The van der Waals surface area contributed by atoms with Crippen molar-refractivity contribution < 1.29 is 4.79 Å². The first-order chi connectivity index (χ1) is 14.5. The predicted molar refractivity (Wildman–Crippen MR) is 123 cm³/mol. The predicted octanol–water partition coefficient (Wildman–Crippen LogP) is 4.88. The molecule has 158 valence electrons. The monoisotopic (exact) mass is 422 g/mol. The van der Waals surface area contributed by atoms with Crippen LogP contribution in [0.2, 0.25) is 0 Å². The highest BCUT2D eigenvalue weighted by Gasteiger charge is 2.22. The topological polar surface area (TPSA) is 51.0 Å². The number of aryl methyl sites for hydroxylation is 1. The lowest BCUT2D eigenvalue weighted by molar-refractivity contribution is 0.102. The van der Waals surface area contributed by atoms with E-state index in [1.54, 1.807) is 0 Å². The Labute approximate surface area is 183 Å². The van der Waals surface area contributed by atoms with E-state index in [1.165, 1.54) is 22.9 Å². The molecule has 0 spiro atoms. The van der Waals surface area contributed by atoms with Crippen LogP contribution in [0, 0.1) is 0 Å². The summed E-state index contributed by atoms with van der Waals surface area (Å²) in [6.07, 6.45) is 1.91. The highest BCUT2D eigenvalue weighted by molar-refractivity contribution is 7.99. The van der Waals surface area contributed by atoms with Crippen LogP contribution in [-0.2, 0) is 13.0 Å². The molecule has 1 atom stereocenters. The van der Waals surface area contributed by atoms with E-state index < -0.39 is 0 Å². The number of benzene rings is 2. The number of nitrogens with zero attached hydrogens (tertiary/aromatic N) is 4. The second-order valence-electron chi connectivity index (χ2n) is 7.56. The van der Waals surface area contributed by atoms with Gasteiger partial charge in [-0.3, -0.25) is 9.69 Å². The van der Waals surface area contributed by atoms with Gasteiger partial charge in [-0.25, -0.2) is 0 Å². The second kappa shape index (κ2) is 10.5. The molecule has 3 rings (SSSR count). The lowest BCUT2D eigenvalue weighted by atomic mass is 10.1. The smallest absolute Gasteiger partial charge is 0.192 e. The van der Waals surface area contributed by atoms with Crippen molar-refractivity contribution in [2.24, 2.45) is 0 Å². The standard InChI is InChI=1S/C24H30N4OS/c1-5-18-12-14-20(15-13-18)22(29)17-30-24-26-25-23(21(6-2)27(3)4)28(24)16-19-10-8-7-9-11-19/h7-15,21H,5-6,16-17H2,1-4H3/t21-/m1/s1. The molecule has 0 aliphatic carbocycles. The average Bonchev–Trinajstić information content (AvgIpc) is 3.15. The summed E-state index contributed by atoms with van der Waals surface area (Å²) in [4.78, 5) is 14.9. The molecular formula is C24H30N4OS. The normalized spacial score (nSPS) is 12.3. The van der Waals surface area contributed by atoms with Gasteiger partial charge < -0.3 is 4.57 Å². The molecule has 0 unspecified atom stereocenters. The van der Waals surface area contributed by atoms with Crippen LogP contribution in [0.3, 0.4) is 0 Å². The van der Waals surface area contributed by atoms with Gasteiger partial charge in [-0.1, -0.05) is 80.2 Å². The average molecular weight is 423 g/mol. The number of ketones is 1. The van der Waals surface area contributed by atoms with Gasteiger partial charge in [0.1, 0.15) is 0 Å². The zero-order chi connectivity index (χ0) is 21.5. The first-order valence-corrected chi connectivity index (χ1v) is 11.4. The molecule has 0 aliphatic heterocycles. The van der Waals surface area contributed by atoms with Gasteiger partial charge in [-0.2, -0.15) is 0 Å². The van der Waals surface area contributed by atoms with Crippen LogP contribution < -0.4 is 0 Å². The minimum Gasteiger partial charge on any atom is -0.300 e. The number of carbonyl (C=O) groups excluding carboxylic acids is 1. The first kappa shape index (κ1) is 22.2. The maximum Gasteiger partial charge on any atom is 0.192 e. The van der Waals surface area contributed by atoms with Crippen LogP contribution in [0.4, 0.5) is 0 Å². The zero-order valence-corrected chi connectivity index (χ0v) is 19.0. The molecule has 0 saturated heterocycles. The van der Waals surface area contributed by atoms with Crippen LogP contribution in [0.25, 0.3) is 0 Å². The summed E-state index contributed by atoms with van der Waals surface area (Å²) < 4.78 is 2.15. The molecule has 30 heavy (non-hydrogen) atoms. The molecule has 0 N–H and O–H groups in total. The van der Waals surface area contributed by atoms with Gasteiger partial charge >= 0.3 is 0 Å². The van der Waals surface area contributed by atoms with Crippen molar-refractivity contribution in [3.05, 3.63) is 77.1 Å². The molecule has 5 nitrogen and oxygen atoms in total. The molecule has 6 heteroatoms. The summed E-state index contributed by atoms with van der Waals surface area (Å²) in [5, 5.41) is 9.76. The Morgan fingerprint density at radius 1 is 1.00 bits per heavy atom. The maximum absolute atomic E-state index is 12.7. The highest BCUT2D eigenvalue weighted by Crippen LogP contribution is 2.26. The second-order valence-corrected chi connectivity index (χ2v) is 8.51. The van der Waals surface area contributed by atoms with Gasteiger partial charge in [-0.05, 0) is 38.1 Å². The molecular weight excluding hydrogens is 392 g/mol. The molecule has 1 heterocycles. The summed E-state index contributed by atoms with van der Waals surface area (Å²) in [5.41, 5.74) is 3.17. The minimum atomic E-state index is 0.109. The van der Waals surface area contributed by atoms with Gasteiger partial charge in [0.15, 0.2) is 16.8 Å². The molecule has 2 aromatic carbocycles. The van der Waals surface area contributed by atoms with Crippen molar-refractivity contribution in [1.29, 1.82) is 0 Å². The van der Waals surface area contributed by atoms with E-state index in [-0.39, 0.29) is 11.8 Å². The number of hydrogen-bond acceptors (Lipinski definition) is 5. The molecule has 0 saturated carbocycles. The van der Waals surface area contributed by atoms with Crippen molar-refractivity contribution in [2.75, 3.05) is 19.8 Å². The third kappa shape index (κ3) is 5.37. The molecule has 0 radical (unpaired) electrons. The molecule has 1 aromatic heterocycles. The summed E-state index contributed by atoms with van der Waals surface area (Å²) in [7, 11) is 4.12. The molecule has 3 aromatic rings. The SMILES string of the molecule is CCc1ccc(C(=O)CSc2nnc([C@@H](CC)N(C)C)n2Cc2ccccc2)cc1. The van der Waals surface area contributed by atoms with Gasteiger partial charge in [0.25, 0.3) is 0 Å². The largest absolute Gasteiger partial charge is 0.300 e. The summed E-state index contributed by atoms with van der Waals surface area (Å²) in [5.74, 6) is 1.39.